The van der Waals surface area contributed by atoms with Gasteiger partial charge >= 0.3 is 5.97 Å². The highest BCUT2D eigenvalue weighted by molar-refractivity contribution is 5.99. The van der Waals surface area contributed by atoms with Gasteiger partial charge < -0.3 is 15.5 Å². The quantitative estimate of drug-likeness (QED) is 0.497. The van der Waals surface area contributed by atoms with Crippen LogP contribution in [0.15, 0.2) is 24.3 Å². The fraction of sp³-hybridized carbons (Fsp3) is 0.273. The fourth-order valence-corrected chi connectivity index (χ4v) is 1.45. The molecule has 0 aliphatic rings. The van der Waals surface area contributed by atoms with Crippen molar-refractivity contribution >= 4 is 17.6 Å². The van der Waals surface area contributed by atoms with Crippen molar-refractivity contribution < 1.29 is 24.7 Å². The maximum absolute atomic E-state index is 11.8. The third kappa shape index (κ3) is 3.75. The van der Waals surface area contributed by atoms with Crippen molar-refractivity contribution in [3.63, 3.8) is 0 Å². The van der Waals surface area contributed by atoms with Gasteiger partial charge in [0.1, 0.15) is 11.6 Å². The molecule has 0 radical (unpaired) electrons. The second-order valence-electron chi connectivity index (χ2n) is 3.65. The summed E-state index contributed by atoms with van der Waals surface area (Å²) in [4.78, 5) is 32.6. The van der Waals surface area contributed by atoms with Crippen LogP contribution in [0, 0.1) is 10.1 Å². The molecule has 0 spiro atoms. The van der Waals surface area contributed by atoms with Gasteiger partial charge in [0.25, 0.3) is 11.6 Å². The molecule has 1 aromatic carbocycles. The topological polar surface area (TPSA) is 130 Å². The van der Waals surface area contributed by atoms with Crippen molar-refractivity contribution in [1.82, 2.24) is 5.32 Å². The molecule has 1 unspecified atom stereocenters. The summed E-state index contributed by atoms with van der Waals surface area (Å²) in [6, 6.07) is 3.92. The molecule has 0 aromatic heterocycles. The van der Waals surface area contributed by atoms with Crippen LogP contribution in [-0.4, -0.2) is 39.7 Å². The summed E-state index contributed by atoms with van der Waals surface area (Å²) in [5.74, 6) is -2.19. The molecule has 1 rings (SSSR count). The van der Waals surface area contributed by atoms with Crippen molar-refractivity contribution in [3.05, 3.63) is 39.9 Å². The minimum atomic E-state index is -1.32. The van der Waals surface area contributed by atoms with E-state index in [0.29, 0.717) is 0 Å². The molecule has 1 atom stereocenters. The monoisotopic (exact) mass is 268 g/mol. The van der Waals surface area contributed by atoms with Crippen molar-refractivity contribution in [1.29, 1.82) is 0 Å². The molecule has 0 fully saturated rings. The van der Waals surface area contributed by atoms with Crippen LogP contribution in [0.3, 0.4) is 0 Å². The summed E-state index contributed by atoms with van der Waals surface area (Å²) in [5, 5.41) is 30.4. The number of hydrogen-bond acceptors (Lipinski definition) is 5. The van der Waals surface area contributed by atoms with Crippen LogP contribution in [0.5, 0.6) is 0 Å². The molecule has 1 aromatic rings. The normalized spacial score (nSPS) is 11.6. The maximum atomic E-state index is 11.8. The van der Waals surface area contributed by atoms with Crippen LogP contribution in [0.1, 0.15) is 16.8 Å². The Balaban J connectivity index is 2.94. The number of hydrogen-bond donors (Lipinski definition) is 3. The van der Waals surface area contributed by atoms with Gasteiger partial charge in [-0.2, -0.15) is 0 Å². The lowest BCUT2D eigenvalue weighted by atomic mass is 10.1. The van der Waals surface area contributed by atoms with E-state index in [1.807, 2.05) is 0 Å². The Morgan fingerprint density at radius 2 is 2.00 bits per heavy atom. The number of nitrogens with one attached hydrogen (secondary N) is 1. The van der Waals surface area contributed by atoms with E-state index < -0.39 is 35.1 Å². The summed E-state index contributed by atoms with van der Waals surface area (Å²) in [6.45, 7) is -0.422. The molecule has 102 valence electrons. The first-order valence-electron chi connectivity index (χ1n) is 5.35. The minimum absolute atomic E-state index is 0.179. The highest BCUT2D eigenvalue weighted by Crippen LogP contribution is 2.17. The SMILES string of the molecule is O=C(NC(CCO)C(=O)O)c1ccccc1[N+](=O)[O-]. The number of carboxylic acid groups (broad SMARTS) is 1. The number of nitro groups is 1. The van der Waals surface area contributed by atoms with Gasteiger partial charge in [-0.25, -0.2) is 4.79 Å². The highest BCUT2D eigenvalue weighted by Gasteiger charge is 2.24. The molecular formula is C11H12N2O6. The fourth-order valence-electron chi connectivity index (χ4n) is 1.45. The molecule has 3 N–H and O–H groups in total. The van der Waals surface area contributed by atoms with Crippen LogP contribution in [0.25, 0.3) is 0 Å². The van der Waals surface area contributed by atoms with Crippen LogP contribution >= 0.6 is 0 Å². The van der Waals surface area contributed by atoms with Gasteiger partial charge in [0, 0.05) is 19.1 Å². The number of carboxylic acids is 1. The number of benzene rings is 1. The van der Waals surface area contributed by atoms with Crippen LogP contribution in [-0.2, 0) is 4.79 Å². The van der Waals surface area contributed by atoms with Crippen molar-refractivity contribution in [2.75, 3.05) is 6.61 Å². The number of rotatable bonds is 6. The van der Waals surface area contributed by atoms with Gasteiger partial charge in [0.15, 0.2) is 0 Å². The Kier molecular flexibility index (Phi) is 4.95. The number of nitro benzene ring substituents is 1. The summed E-state index contributed by atoms with van der Waals surface area (Å²) < 4.78 is 0. The third-order valence-electron chi connectivity index (χ3n) is 2.37. The first-order valence-corrected chi connectivity index (χ1v) is 5.35. The Labute approximate surface area is 107 Å². The number of aliphatic hydroxyl groups excluding tert-OH is 1. The minimum Gasteiger partial charge on any atom is -0.480 e. The smallest absolute Gasteiger partial charge is 0.326 e. The van der Waals surface area contributed by atoms with E-state index in [0.717, 1.165) is 6.07 Å². The second-order valence-corrected chi connectivity index (χ2v) is 3.65. The van der Waals surface area contributed by atoms with E-state index >= 15 is 0 Å². The molecule has 8 nitrogen and oxygen atoms in total. The van der Waals surface area contributed by atoms with Gasteiger partial charge in [-0.3, -0.25) is 14.9 Å². The third-order valence-corrected chi connectivity index (χ3v) is 2.37. The summed E-state index contributed by atoms with van der Waals surface area (Å²) in [6.07, 6.45) is -0.179. The zero-order valence-electron chi connectivity index (χ0n) is 9.78. The van der Waals surface area contributed by atoms with E-state index in [-0.39, 0.29) is 12.0 Å². The van der Waals surface area contributed by atoms with E-state index in [1.54, 1.807) is 0 Å². The number of aliphatic hydroxyl groups is 1. The molecule has 1 amide bonds. The first-order chi connectivity index (χ1) is 8.97. The average molecular weight is 268 g/mol. The average Bonchev–Trinajstić information content (AvgIpc) is 2.37. The zero-order valence-corrected chi connectivity index (χ0v) is 9.78. The van der Waals surface area contributed by atoms with Gasteiger partial charge in [-0.05, 0) is 6.07 Å². The van der Waals surface area contributed by atoms with E-state index in [4.69, 9.17) is 10.2 Å². The number of nitrogens with zero attached hydrogens (tertiary/aromatic N) is 1. The highest BCUT2D eigenvalue weighted by atomic mass is 16.6. The Morgan fingerprint density at radius 3 is 2.53 bits per heavy atom. The molecule has 0 aliphatic carbocycles. The number of para-hydroxylation sites is 1. The first kappa shape index (κ1) is 14.6. The Bertz CT molecular complexity index is 502. The molecular weight excluding hydrogens is 256 g/mol. The Morgan fingerprint density at radius 1 is 1.37 bits per heavy atom. The van der Waals surface area contributed by atoms with Crippen LogP contribution in [0.2, 0.25) is 0 Å². The molecule has 0 aliphatic heterocycles. The van der Waals surface area contributed by atoms with Crippen molar-refractivity contribution in [2.24, 2.45) is 0 Å². The lowest BCUT2D eigenvalue weighted by Crippen LogP contribution is -2.41. The molecule has 8 heteroatoms. The van der Waals surface area contributed by atoms with Gasteiger partial charge in [-0.15, -0.1) is 0 Å². The van der Waals surface area contributed by atoms with E-state index in [1.165, 1.54) is 18.2 Å². The molecule has 0 saturated carbocycles. The summed E-state index contributed by atoms with van der Waals surface area (Å²) in [5.41, 5.74) is -0.634. The van der Waals surface area contributed by atoms with Crippen LogP contribution in [0.4, 0.5) is 5.69 Å². The summed E-state index contributed by atoms with van der Waals surface area (Å²) >= 11 is 0. The van der Waals surface area contributed by atoms with Gasteiger partial charge in [0.05, 0.1) is 4.92 Å². The lowest BCUT2D eigenvalue weighted by Gasteiger charge is -2.13. The zero-order chi connectivity index (χ0) is 14.4. The number of carbonyl (C=O) groups is 2. The van der Waals surface area contributed by atoms with Crippen molar-refractivity contribution in [2.45, 2.75) is 12.5 Å². The predicted molar refractivity (Wildman–Crippen MR) is 63.7 cm³/mol. The number of amides is 1. The van der Waals surface area contributed by atoms with Gasteiger partial charge in [0.2, 0.25) is 0 Å². The van der Waals surface area contributed by atoms with Gasteiger partial charge in [-0.1, -0.05) is 12.1 Å². The number of aliphatic carboxylic acids is 1. The summed E-state index contributed by atoms with van der Waals surface area (Å²) in [7, 11) is 0. The lowest BCUT2D eigenvalue weighted by molar-refractivity contribution is -0.385. The molecule has 19 heavy (non-hydrogen) atoms. The molecule has 0 heterocycles. The standard InChI is InChI=1S/C11H12N2O6/c14-6-5-8(11(16)17)12-10(15)7-3-1-2-4-9(7)13(18)19/h1-4,8,14H,5-6H2,(H,12,15)(H,16,17). The predicted octanol–water partition coefficient (Wildman–Crippen LogP) is 0.160. The Hall–Kier alpha value is -2.48. The molecule has 0 saturated heterocycles. The van der Waals surface area contributed by atoms with E-state index in [9.17, 15) is 19.7 Å². The molecule has 0 bridgehead atoms. The second kappa shape index (κ2) is 6.45. The van der Waals surface area contributed by atoms with Crippen LogP contribution < -0.4 is 5.32 Å². The number of carbonyl (C=O) groups excluding carboxylic acids is 1. The largest absolute Gasteiger partial charge is 0.480 e. The maximum Gasteiger partial charge on any atom is 0.326 e. The van der Waals surface area contributed by atoms with E-state index in [2.05, 4.69) is 5.32 Å². The van der Waals surface area contributed by atoms with Crippen molar-refractivity contribution in [3.8, 4) is 0 Å².